The normalized spacial score (nSPS) is 30.4. The van der Waals surface area contributed by atoms with Crippen LogP contribution in [-0.4, -0.2) is 30.6 Å². The minimum Gasteiger partial charge on any atom is -0.329 e. The lowest BCUT2D eigenvalue weighted by Crippen LogP contribution is -2.38. The maximum Gasteiger partial charge on any atom is 0.0219 e. The highest BCUT2D eigenvalue weighted by Gasteiger charge is 2.25. The summed E-state index contributed by atoms with van der Waals surface area (Å²) in [5.41, 5.74) is 5.74. The SMILES string of the molecule is NC[C@@H]1CCCN1CC1CC=CC1. The first-order valence-corrected chi connectivity index (χ1v) is 5.49. The molecule has 2 aliphatic rings. The van der Waals surface area contributed by atoms with Crippen molar-refractivity contribution in [2.45, 2.75) is 31.7 Å². The molecule has 2 nitrogen and oxygen atoms in total. The van der Waals surface area contributed by atoms with Crippen molar-refractivity contribution < 1.29 is 0 Å². The van der Waals surface area contributed by atoms with E-state index in [0.717, 1.165) is 12.5 Å². The molecule has 0 saturated carbocycles. The zero-order chi connectivity index (χ0) is 9.10. The van der Waals surface area contributed by atoms with E-state index in [-0.39, 0.29) is 0 Å². The summed E-state index contributed by atoms with van der Waals surface area (Å²) in [6.07, 6.45) is 9.87. The van der Waals surface area contributed by atoms with E-state index in [1.54, 1.807) is 0 Å². The summed E-state index contributed by atoms with van der Waals surface area (Å²) in [6.45, 7) is 3.40. The molecule has 1 atom stereocenters. The summed E-state index contributed by atoms with van der Waals surface area (Å²) >= 11 is 0. The Morgan fingerprint density at radius 3 is 2.77 bits per heavy atom. The average Bonchev–Trinajstić information content (AvgIpc) is 2.76. The first-order chi connectivity index (χ1) is 6.40. The molecule has 0 spiro atoms. The van der Waals surface area contributed by atoms with Gasteiger partial charge in [-0.1, -0.05) is 12.2 Å². The molecule has 74 valence electrons. The fourth-order valence-corrected chi connectivity index (χ4v) is 2.56. The third kappa shape index (κ3) is 2.12. The molecule has 0 aromatic rings. The van der Waals surface area contributed by atoms with Crippen LogP contribution in [-0.2, 0) is 0 Å². The van der Waals surface area contributed by atoms with Gasteiger partial charge in [-0.2, -0.15) is 0 Å². The molecule has 0 radical (unpaired) electrons. The van der Waals surface area contributed by atoms with Crippen LogP contribution in [0.2, 0.25) is 0 Å². The zero-order valence-corrected chi connectivity index (χ0v) is 8.28. The Kier molecular flexibility index (Phi) is 3.01. The smallest absolute Gasteiger partial charge is 0.0219 e. The Morgan fingerprint density at radius 2 is 2.08 bits per heavy atom. The largest absolute Gasteiger partial charge is 0.329 e. The molecule has 2 N–H and O–H groups in total. The van der Waals surface area contributed by atoms with E-state index in [0.29, 0.717) is 6.04 Å². The Hall–Kier alpha value is -0.340. The Labute approximate surface area is 80.8 Å². The molecule has 0 amide bonds. The minimum atomic E-state index is 0.681. The average molecular weight is 180 g/mol. The monoisotopic (exact) mass is 180 g/mol. The van der Waals surface area contributed by atoms with Crippen LogP contribution in [0, 0.1) is 5.92 Å². The molecule has 0 unspecified atom stereocenters. The zero-order valence-electron chi connectivity index (χ0n) is 8.28. The number of nitrogens with zero attached hydrogens (tertiary/aromatic N) is 1. The van der Waals surface area contributed by atoms with Gasteiger partial charge >= 0.3 is 0 Å². The number of hydrogen-bond acceptors (Lipinski definition) is 2. The molecule has 1 heterocycles. The summed E-state index contributed by atoms with van der Waals surface area (Å²) < 4.78 is 0. The van der Waals surface area contributed by atoms with E-state index in [1.165, 1.54) is 38.8 Å². The van der Waals surface area contributed by atoms with Crippen LogP contribution < -0.4 is 5.73 Å². The van der Waals surface area contributed by atoms with Crippen molar-refractivity contribution in [3.63, 3.8) is 0 Å². The third-order valence-electron chi connectivity index (χ3n) is 3.37. The fraction of sp³-hybridized carbons (Fsp3) is 0.818. The van der Waals surface area contributed by atoms with Gasteiger partial charge in [0.25, 0.3) is 0 Å². The van der Waals surface area contributed by atoms with Gasteiger partial charge in [0.1, 0.15) is 0 Å². The standard InChI is InChI=1S/C11H20N2/c12-8-11-6-3-7-13(11)9-10-4-1-2-5-10/h1-2,10-11H,3-9,12H2/t11-/m0/s1. The first kappa shape index (κ1) is 9.22. The number of rotatable bonds is 3. The molecule has 0 bridgehead atoms. The number of likely N-dealkylation sites (tertiary alicyclic amines) is 1. The van der Waals surface area contributed by atoms with Crippen molar-refractivity contribution in [2.24, 2.45) is 11.7 Å². The summed E-state index contributed by atoms with van der Waals surface area (Å²) in [7, 11) is 0. The van der Waals surface area contributed by atoms with Gasteiger partial charge in [-0.25, -0.2) is 0 Å². The maximum absolute atomic E-state index is 5.74. The van der Waals surface area contributed by atoms with Crippen LogP contribution in [0.3, 0.4) is 0 Å². The third-order valence-corrected chi connectivity index (χ3v) is 3.37. The van der Waals surface area contributed by atoms with Crippen LogP contribution in [0.4, 0.5) is 0 Å². The van der Waals surface area contributed by atoms with E-state index in [2.05, 4.69) is 17.1 Å². The molecular formula is C11H20N2. The first-order valence-electron chi connectivity index (χ1n) is 5.49. The topological polar surface area (TPSA) is 29.3 Å². The highest BCUT2D eigenvalue weighted by Crippen LogP contribution is 2.23. The van der Waals surface area contributed by atoms with Crippen molar-refractivity contribution >= 4 is 0 Å². The fourth-order valence-electron chi connectivity index (χ4n) is 2.56. The van der Waals surface area contributed by atoms with E-state index >= 15 is 0 Å². The van der Waals surface area contributed by atoms with Crippen LogP contribution in [0.1, 0.15) is 25.7 Å². The summed E-state index contributed by atoms with van der Waals surface area (Å²) in [6, 6.07) is 0.681. The molecule has 13 heavy (non-hydrogen) atoms. The lowest BCUT2D eigenvalue weighted by atomic mass is 10.1. The molecule has 2 heteroatoms. The van der Waals surface area contributed by atoms with Crippen molar-refractivity contribution in [1.29, 1.82) is 0 Å². The molecule has 1 aliphatic heterocycles. The van der Waals surface area contributed by atoms with Gasteiger partial charge in [0, 0.05) is 19.1 Å². The predicted octanol–water partition coefficient (Wildman–Crippen LogP) is 1.38. The molecular weight excluding hydrogens is 160 g/mol. The molecule has 1 saturated heterocycles. The van der Waals surface area contributed by atoms with Gasteiger partial charge in [0.2, 0.25) is 0 Å². The Balaban J connectivity index is 1.79. The lowest BCUT2D eigenvalue weighted by molar-refractivity contribution is 0.221. The number of hydrogen-bond donors (Lipinski definition) is 1. The van der Waals surface area contributed by atoms with Crippen molar-refractivity contribution in [1.82, 2.24) is 4.90 Å². The van der Waals surface area contributed by atoms with E-state index in [1.807, 2.05) is 0 Å². The maximum atomic E-state index is 5.74. The highest BCUT2D eigenvalue weighted by molar-refractivity contribution is 4.96. The Morgan fingerprint density at radius 1 is 1.31 bits per heavy atom. The predicted molar refractivity (Wildman–Crippen MR) is 55.5 cm³/mol. The second-order valence-electron chi connectivity index (χ2n) is 4.34. The second-order valence-corrected chi connectivity index (χ2v) is 4.34. The van der Waals surface area contributed by atoms with Crippen molar-refractivity contribution in [2.75, 3.05) is 19.6 Å². The molecule has 0 aromatic carbocycles. The highest BCUT2D eigenvalue weighted by atomic mass is 15.2. The van der Waals surface area contributed by atoms with Crippen LogP contribution in [0.5, 0.6) is 0 Å². The number of allylic oxidation sites excluding steroid dienone is 2. The van der Waals surface area contributed by atoms with Gasteiger partial charge in [-0.15, -0.1) is 0 Å². The van der Waals surface area contributed by atoms with Gasteiger partial charge < -0.3 is 5.73 Å². The molecule has 1 fully saturated rings. The van der Waals surface area contributed by atoms with Crippen LogP contribution >= 0.6 is 0 Å². The van der Waals surface area contributed by atoms with E-state index in [4.69, 9.17) is 5.73 Å². The van der Waals surface area contributed by atoms with Crippen molar-refractivity contribution in [3.05, 3.63) is 12.2 Å². The summed E-state index contributed by atoms with van der Waals surface area (Å²) in [4.78, 5) is 2.59. The van der Waals surface area contributed by atoms with Crippen LogP contribution in [0.15, 0.2) is 12.2 Å². The molecule has 0 aromatic heterocycles. The molecule has 1 aliphatic carbocycles. The lowest BCUT2D eigenvalue weighted by Gasteiger charge is -2.26. The minimum absolute atomic E-state index is 0.681. The van der Waals surface area contributed by atoms with Gasteiger partial charge in [-0.3, -0.25) is 4.90 Å². The van der Waals surface area contributed by atoms with Gasteiger partial charge in [0.05, 0.1) is 0 Å². The molecule has 2 rings (SSSR count). The van der Waals surface area contributed by atoms with Crippen LogP contribution in [0.25, 0.3) is 0 Å². The van der Waals surface area contributed by atoms with E-state index in [9.17, 15) is 0 Å². The van der Waals surface area contributed by atoms with Crippen molar-refractivity contribution in [3.8, 4) is 0 Å². The van der Waals surface area contributed by atoms with Gasteiger partial charge in [-0.05, 0) is 38.1 Å². The summed E-state index contributed by atoms with van der Waals surface area (Å²) in [5, 5.41) is 0. The quantitative estimate of drug-likeness (QED) is 0.665. The second kappa shape index (κ2) is 4.25. The number of nitrogens with two attached hydrogens (primary N) is 1. The Bertz CT molecular complexity index is 181. The summed E-state index contributed by atoms with van der Waals surface area (Å²) in [5.74, 6) is 0.882. The van der Waals surface area contributed by atoms with Gasteiger partial charge in [0.15, 0.2) is 0 Å². The van der Waals surface area contributed by atoms with E-state index < -0.39 is 0 Å².